The summed E-state index contributed by atoms with van der Waals surface area (Å²) in [6.07, 6.45) is 18.2. The van der Waals surface area contributed by atoms with E-state index in [1.54, 1.807) is 0 Å². The summed E-state index contributed by atoms with van der Waals surface area (Å²) in [7, 11) is 0. The SMILES string of the molecule is CC1CC(=O)CCCC2CCCC(NC(=O)C3CC(C4CCC4)CCC3C(=O)NC3CCCC4CCCN([O-])C43)C12. The van der Waals surface area contributed by atoms with Crippen LogP contribution in [0.3, 0.4) is 0 Å². The molecular weight excluding hydrogens is 514 g/mol. The van der Waals surface area contributed by atoms with Gasteiger partial charge in [-0.2, -0.15) is 0 Å². The molecule has 2 N–H and O–H groups in total. The molecule has 1 aliphatic heterocycles. The number of nitrogens with zero attached hydrogens (tertiary/aromatic N) is 1. The molecule has 1 saturated heterocycles. The van der Waals surface area contributed by atoms with Crippen LogP contribution in [0.25, 0.3) is 0 Å². The second-order valence-corrected chi connectivity index (χ2v) is 15.1. The van der Waals surface area contributed by atoms with E-state index in [2.05, 4.69) is 17.6 Å². The zero-order valence-electron chi connectivity index (χ0n) is 25.4. The number of fused-ring (bicyclic) bond motifs is 2. The highest BCUT2D eigenvalue weighted by Gasteiger charge is 2.46. The summed E-state index contributed by atoms with van der Waals surface area (Å²) < 4.78 is 0. The van der Waals surface area contributed by atoms with Crippen LogP contribution in [0.2, 0.25) is 0 Å². The molecule has 0 spiro atoms. The van der Waals surface area contributed by atoms with Crippen molar-refractivity contribution in [3.05, 3.63) is 5.21 Å². The zero-order chi connectivity index (χ0) is 28.5. The molecule has 7 nitrogen and oxygen atoms in total. The Balaban J connectivity index is 1.17. The molecule has 0 aromatic heterocycles. The van der Waals surface area contributed by atoms with Crippen LogP contribution >= 0.6 is 0 Å². The first-order chi connectivity index (χ1) is 19.9. The van der Waals surface area contributed by atoms with Gasteiger partial charge in [0.1, 0.15) is 5.78 Å². The zero-order valence-corrected chi connectivity index (χ0v) is 25.4. The van der Waals surface area contributed by atoms with Crippen LogP contribution in [0.1, 0.15) is 122 Å². The van der Waals surface area contributed by atoms with Crippen molar-refractivity contribution < 1.29 is 14.4 Å². The summed E-state index contributed by atoms with van der Waals surface area (Å²) in [6.45, 7) is 2.79. The quantitative estimate of drug-likeness (QED) is 0.440. The van der Waals surface area contributed by atoms with E-state index < -0.39 is 0 Å². The van der Waals surface area contributed by atoms with E-state index in [1.807, 2.05) is 0 Å². The Morgan fingerprint density at radius 3 is 2.12 bits per heavy atom. The van der Waals surface area contributed by atoms with Gasteiger partial charge in [0.05, 0.1) is 0 Å². The van der Waals surface area contributed by atoms with Crippen LogP contribution in [0.15, 0.2) is 0 Å². The number of hydrogen-bond acceptors (Lipinski definition) is 5. The standard InChI is InChI=1S/C34H54N3O4/c1-21-19-26(38)13-3-9-23-10-4-14-29(31(21)23)35-34(40)28-20-25(22-7-2-8-22)16-17-27(28)33(39)36-30-15-5-11-24-12-6-18-37(41)32(24)30/h21-25,27-32H,2-20H2,1H3,(H,35,40)(H,36,39)/q-1. The van der Waals surface area contributed by atoms with E-state index >= 15 is 0 Å². The van der Waals surface area contributed by atoms with Crippen molar-refractivity contribution in [1.82, 2.24) is 15.7 Å². The summed E-state index contributed by atoms with van der Waals surface area (Å²) >= 11 is 0. The minimum absolute atomic E-state index is 0.00766. The lowest BCUT2D eigenvalue weighted by Crippen LogP contribution is -2.59. The van der Waals surface area contributed by atoms with Crippen molar-refractivity contribution >= 4 is 17.6 Å². The highest BCUT2D eigenvalue weighted by molar-refractivity contribution is 5.88. The number of piperidine rings is 1. The van der Waals surface area contributed by atoms with Crippen LogP contribution in [0, 0.1) is 52.6 Å². The van der Waals surface area contributed by atoms with Gasteiger partial charge in [-0.3, -0.25) is 14.4 Å². The van der Waals surface area contributed by atoms with Gasteiger partial charge >= 0.3 is 0 Å². The molecule has 0 aromatic rings. The summed E-state index contributed by atoms with van der Waals surface area (Å²) in [4.78, 5) is 40.6. The van der Waals surface area contributed by atoms with Crippen LogP contribution in [-0.4, -0.2) is 47.3 Å². The first-order valence-corrected chi connectivity index (χ1v) is 17.4. The van der Waals surface area contributed by atoms with Gasteiger partial charge in [-0.1, -0.05) is 45.4 Å². The number of nitrogens with one attached hydrogen (secondary N) is 2. The Hall–Kier alpha value is -1.47. The number of carbonyl (C=O) groups excluding carboxylic acids is 3. The number of ketones is 1. The molecule has 10 atom stereocenters. The fourth-order valence-corrected chi connectivity index (χ4v) is 10.4. The van der Waals surface area contributed by atoms with E-state index in [1.165, 1.54) is 30.7 Å². The first kappa shape index (κ1) is 29.6. The maximum Gasteiger partial charge on any atom is 0.224 e. The van der Waals surface area contributed by atoms with Gasteiger partial charge in [0, 0.05) is 42.8 Å². The molecule has 0 bridgehead atoms. The molecule has 6 fully saturated rings. The smallest absolute Gasteiger partial charge is 0.224 e. The van der Waals surface area contributed by atoms with E-state index in [4.69, 9.17) is 0 Å². The predicted molar refractivity (Wildman–Crippen MR) is 159 cm³/mol. The number of hydroxylamine groups is 2. The van der Waals surface area contributed by atoms with Gasteiger partial charge in [-0.05, 0) is 106 Å². The average molecular weight is 569 g/mol. The highest BCUT2D eigenvalue weighted by atomic mass is 16.5. The van der Waals surface area contributed by atoms with E-state index in [9.17, 15) is 19.6 Å². The lowest BCUT2D eigenvalue weighted by Gasteiger charge is -2.52. The van der Waals surface area contributed by atoms with Crippen molar-refractivity contribution in [3.8, 4) is 0 Å². The third-order valence-electron chi connectivity index (χ3n) is 12.6. The van der Waals surface area contributed by atoms with Crippen LogP contribution in [-0.2, 0) is 14.4 Å². The Labute approximate surface area is 247 Å². The fraction of sp³-hybridized carbons (Fsp3) is 0.912. The second kappa shape index (κ2) is 13.0. The van der Waals surface area contributed by atoms with E-state index in [0.717, 1.165) is 77.0 Å². The van der Waals surface area contributed by atoms with Gasteiger partial charge in [-0.25, -0.2) is 0 Å². The highest BCUT2D eigenvalue weighted by Crippen LogP contribution is 2.46. The summed E-state index contributed by atoms with van der Waals surface area (Å²) in [5.41, 5.74) is 0. The molecule has 1 heterocycles. The topological polar surface area (TPSA) is 102 Å². The molecule has 5 saturated carbocycles. The van der Waals surface area contributed by atoms with Crippen LogP contribution in [0.5, 0.6) is 0 Å². The van der Waals surface area contributed by atoms with E-state index in [0.29, 0.717) is 54.8 Å². The molecule has 10 unspecified atom stereocenters. The fourth-order valence-electron chi connectivity index (χ4n) is 10.4. The summed E-state index contributed by atoms with van der Waals surface area (Å²) in [6, 6.07) is -0.104. The number of amides is 2. The van der Waals surface area contributed by atoms with Gasteiger partial charge in [-0.15, -0.1) is 0 Å². The number of rotatable bonds is 5. The molecular formula is C34H54N3O4-. The molecule has 7 heteroatoms. The summed E-state index contributed by atoms with van der Waals surface area (Å²) in [5, 5.41) is 21.0. The lowest BCUT2D eigenvalue weighted by atomic mass is 9.63. The Morgan fingerprint density at radius 2 is 1.34 bits per heavy atom. The number of hydrogen-bond donors (Lipinski definition) is 2. The first-order valence-electron chi connectivity index (χ1n) is 17.4. The minimum atomic E-state index is -0.314. The number of Topliss-reactive ketones (excluding diaryl/α,β-unsaturated/α-hetero) is 1. The molecule has 5 aliphatic carbocycles. The van der Waals surface area contributed by atoms with Crippen LogP contribution < -0.4 is 10.6 Å². The maximum absolute atomic E-state index is 14.2. The van der Waals surface area contributed by atoms with Gasteiger partial charge in [0.15, 0.2) is 0 Å². The molecule has 0 aromatic carbocycles. The van der Waals surface area contributed by atoms with Crippen molar-refractivity contribution in [1.29, 1.82) is 0 Å². The molecule has 6 aliphatic rings. The maximum atomic E-state index is 14.2. The van der Waals surface area contributed by atoms with Crippen LogP contribution in [0.4, 0.5) is 0 Å². The minimum Gasteiger partial charge on any atom is -0.785 e. The molecule has 2 amide bonds. The van der Waals surface area contributed by atoms with Gasteiger partial charge in [0.25, 0.3) is 0 Å². The molecule has 41 heavy (non-hydrogen) atoms. The Kier molecular flexibility index (Phi) is 9.41. The second-order valence-electron chi connectivity index (χ2n) is 15.1. The predicted octanol–water partition coefficient (Wildman–Crippen LogP) is 5.75. The average Bonchev–Trinajstić information content (AvgIpc) is 2.91. The monoisotopic (exact) mass is 568 g/mol. The van der Waals surface area contributed by atoms with E-state index in [-0.39, 0.29) is 47.7 Å². The molecule has 230 valence electrons. The Bertz CT molecular complexity index is 950. The summed E-state index contributed by atoms with van der Waals surface area (Å²) in [5.74, 6) is 2.69. The third kappa shape index (κ3) is 6.41. The molecule has 0 radical (unpaired) electrons. The molecule has 6 rings (SSSR count). The van der Waals surface area contributed by atoms with Gasteiger partial charge in [0.2, 0.25) is 11.8 Å². The van der Waals surface area contributed by atoms with Crippen molar-refractivity contribution in [2.45, 2.75) is 141 Å². The Morgan fingerprint density at radius 1 is 0.707 bits per heavy atom. The largest absolute Gasteiger partial charge is 0.785 e. The van der Waals surface area contributed by atoms with Gasteiger partial charge < -0.3 is 20.9 Å². The number of carbonyl (C=O) groups is 3. The third-order valence-corrected chi connectivity index (χ3v) is 12.6. The van der Waals surface area contributed by atoms with Crippen molar-refractivity contribution in [3.63, 3.8) is 0 Å². The lowest BCUT2D eigenvalue weighted by molar-refractivity contribution is -0.140. The normalized spacial score (nSPS) is 42.5. The van der Waals surface area contributed by atoms with Crippen molar-refractivity contribution in [2.75, 3.05) is 6.54 Å². The van der Waals surface area contributed by atoms with Crippen molar-refractivity contribution in [2.24, 2.45) is 47.3 Å².